The Bertz CT molecular complexity index is 469. The van der Waals surface area contributed by atoms with Crippen molar-refractivity contribution in [2.45, 2.75) is 13.1 Å². The molecule has 0 saturated carbocycles. The Morgan fingerprint density at radius 1 is 1.29 bits per heavy atom. The lowest BCUT2D eigenvalue weighted by Crippen LogP contribution is -2.19. The zero-order chi connectivity index (χ0) is 12.1. The third-order valence-corrected chi connectivity index (χ3v) is 2.99. The second kappa shape index (κ2) is 6.05. The topological polar surface area (TPSA) is 29.9 Å². The van der Waals surface area contributed by atoms with Crippen molar-refractivity contribution in [1.82, 2.24) is 15.1 Å². The van der Waals surface area contributed by atoms with Gasteiger partial charge in [-0.15, -0.1) is 0 Å². The summed E-state index contributed by atoms with van der Waals surface area (Å²) in [5.74, 6) is 0. The Balaban J connectivity index is 1.78. The highest BCUT2D eigenvalue weighted by Gasteiger charge is 2.00. The summed E-state index contributed by atoms with van der Waals surface area (Å²) in [5.41, 5.74) is 1.05. The van der Waals surface area contributed by atoms with Crippen molar-refractivity contribution in [2.75, 3.05) is 6.54 Å². The van der Waals surface area contributed by atoms with Gasteiger partial charge in [0.25, 0.3) is 0 Å². The maximum absolute atomic E-state index is 6.07. The number of benzene rings is 1. The third-order valence-electron chi connectivity index (χ3n) is 2.41. The van der Waals surface area contributed by atoms with Crippen LogP contribution in [0.5, 0.6) is 0 Å². The lowest BCUT2D eigenvalue weighted by Gasteiger charge is -2.07. The molecule has 0 radical (unpaired) electrons. The third kappa shape index (κ3) is 3.73. The summed E-state index contributed by atoms with van der Waals surface area (Å²) in [5, 5.41) is 8.80. The molecule has 0 aliphatic rings. The molecule has 2 aromatic rings. The first-order chi connectivity index (χ1) is 8.25. The van der Waals surface area contributed by atoms with E-state index in [1.165, 1.54) is 0 Å². The summed E-state index contributed by atoms with van der Waals surface area (Å²) in [7, 11) is 0. The summed E-state index contributed by atoms with van der Waals surface area (Å²) >= 11 is 11.9. The van der Waals surface area contributed by atoms with Gasteiger partial charge < -0.3 is 5.32 Å². The molecular weight excluding hydrogens is 257 g/mol. The normalized spacial score (nSPS) is 10.7. The molecule has 0 saturated heterocycles. The zero-order valence-electron chi connectivity index (χ0n) is 9.24. The van der Waals surface area contributed by atoms with E-state index in [9.17, 15) is 0 Å². The van der Waals surface area contributed by atoms with E-state index in [0.29, 0.717) is 10.0 Å². The SMILES string of the molecule is Clc1ccc(CNCCn2cccn2)c(Cl)c1. The van der Waals surface area contributed by atoms with Crippen LogP contribution in [0, 0.1) is 0 Å². The first-order valence-corrected chi connectivity index (χ1v) is 6.13. The lowest BCUT2D eigenvalue weighted by molar-refractivity contribution is 0.555. The molecule has 3 nitrogen and oxygen atoms in total. The second-order valence-corrected chi connectivity index (χ2v) is 4.53. The Kier molecular flexibility index (Phi) is 4.42. The van der Waals surface area contributed by atoms with Crippen LogP contribution in [0.1, 0.15) is 5.56 Å². The highest BCUT2D eigenvalue weighted by Crippen LogP contribution is 2.20. The predicted octanol–water partition coefficient (Wildman–Crippen LogP) is 2.98. The molecule has 1 aromatic heterocycles. The van der Waals surface area contributed by atoms with Crippen molar-refractivity contribution in [1.29, 1.82) is 0 Å². The first-order valence-electron chi connectivity index (χ1n) is 5.38. The van der Waals surface area contributed by atoms with Gasteiger partial charge in [-0.05, 0) is 23.8 Å². The number of hydrogen-bond acceptors (Lipinski definition) is 2. The van der Waals surface area contributed by atoms with Gasteiger partial charge >= 0.3 is 0 Å². The average Bonchev–Trinajstić information content (AvgIpc) is 2.79. The molecule has 0 fully saturated rings. The number of aromatic nitrogens is 2. The van der Waals surface area contributed by atoms with Crippen molar-refractivity contribution in [2.24, 2.45) is 0 Å². The molecule has 0 spiro atoms. The van der Waals surface area contributed by atoms with Crippen LogP contribution in [0.3, 0.4) is 0 Å². The molecular formula is C12H13Cl2N3. The fourth-order valence-corrected chi connectivity index (χ4v) is 1.99. The molecule has 0 bridgehead atoms. The maximum atomic E-state index is 6.07. The fraction of sp³-hybridized carbons (Fsp3) is 0.250. The van der Waals surface area contributed by atoms with Crippen molar-refractivity contribution in [3.05, 3.63) is 52.3 Å². The molecule has 0 aliphatic carbocycles. The molecule has 1 N–H and O–H groups in total. The van der Waals surface area contributed by atoms with Crippen molar-refractivity contribution in [3.8, 4) is 0 Å². The summed E-state index contributed by atoms with van der Waals surface area (Å²) < 4.78 is 1.89. The van der Waals surface area contributed by atoms with E-state index < -0.39 is 0 Å². The van der Waals surface area contributed by atoms with Gasteiger partial charge in [-0.3, -0.25) is 4.68 Å². The van der Waals surface area contributed by atoms with Gasteiger partial charge in [0.15, 0.2) is 0 Å². The summed E-state index contributed by atoms with van der Waals surface area (Å²) in [4.78, 5) is 0. The van der Waals surface area contributed by atoms with Gasteiger partial charge in [0.05, 0.1) is 6.54 Å². The molecule has 0 aliphatic heterocycles. The van der Waals surface area contributed by atoms with Gasteiger partial charge in [0, 0.05) is 35.5 Å². The van der Waals surface area contributed by atoms with Gasteiger partial charge in [-0.1, -0.05) is 29.3 Å². The molecule has 1 aromatic carbocycles. The number of rotatable bonds is 5. The van der Waals surface area contributed by atoms with Crippen molar-refractivity contribution < 1.29 is 0 Å². The highest BCUT2D eigenvalue weighted by atomic mass is 35.5. The maximum Gasteiger partial charge on any atom is 0.0534 e. The van der Waals surface area contributed by atoms with E-state index in [4.69, 9.17) is 23.2 Å². The van der Waals surface area contributed by atoms with Crippen LogP contribution in [-0.4, -0.2) is 16.3 Å². The first kappa shape index (κ1) is 12.4. The number of nitrogens with zero attached hydrogens (tertiary/aromatic N) is 2. The van der Waals surface area contributed by atoms with Gasteiger partial charge in [-0.2, -0.15) is 5.10 Å². The van der Waals surface area contributed by atoms with Crippen LogP contribution in [0.25, 0.3) is 0 Å². The molecule has 17 heavy (non-hydrogen) atoms. The van der Waals surface area contributed by atoms with Crippen LogP contribution in [-0.2, 0) is 13.1 Å². The van der Waals surface area contributed by atoms with Crippen molar-refractivity contribution >= 4 is 23.2 Å². The zero-order valence-corrected chi connectivity index (χ0v) is 10.7. The van der Waals surface area contributed by atoms with Gasteiger partial charge in [-0.25, -0.2) is 0 Å². The summed E-state index contributed by atoms with van der Waals surface area (Å²) in [6.45, 7) is 2.43. The van der Waals surface area contributed by atoms with E-state index in [0.717, 1.165) is 25.2 Å². The predicted molar refractivity (Wildman–Crippen MR) is 70.4 cm³/mol. The van der Waals surface area contributed by atoms with Gasteiger partial charge in [0.1, 0.15) is 0 Å². The average molecular weight is 270 g/mol. The van der Waals surface area contributed by atoms with Crippen molar-refractivity contribution in [3.63, 3.8) is 0 Å². The molecule has 2 rings (SSSR count). The largest absolute Gasteiger partial charge is 0.311 e. The molecule has 0 amide bonds. The minimum Gasteiger partial charge on any atom is -0.311 e. The van der Waals surface area contributed by atoms with Crippen LogP contribution < -0.4 is 5.32 Å². The number of halogens is 2. The van der Waals surface area contributed by atoms with Crippen LogP contribution >= 0.6 is 23.2 Å². The molecule has 5 heteroatoms. The van der Waals surface area contributed by atoms with E-state index >= 15 is 0 Å². The molecule has 90 valence electrons. The Hall–Kier alpha value is -1.03. The van der Waals surface area contributed by atoms with Gasteiger partial charge in [0.2, 0.25) is 0 Å². The summed E-state index contributed by atoms with van der Waals surface area (Å²) in [6.07, 6.45) is 3.72. The van der Waals surface area contributed by atoms with E-state index in [2.05, 4.69) is 10.4 Å². The Morgan fingerprint density at radius 3 is 2.88 bits per heavy atom. The molecule has 0 unspecified atom stereocenters. The van der Waals surface area contributed by atoms with E-state index in [1.54, 1.807) is 12.3 Å². The highest BCUT2D eigenvalue weighted by molar-refractivity contribution is 6.35. The second-order valence-electron chi connectivity index (χ2n) is 3.68. The van der Waals surface area contributed by atoms with Crippen LogP contribution in [0.15, 0.2) is 36.7 Å². The van der Waals surface area contributed by atoms with E-state index in [-0.39, 0.29) is 0 Å². The quantitative estimate of drug-likeness (QED) is 0.846. The van der Waals surface area contributed by atoms with E-state index in [1.807, 2.05) is 29.1 Å². The molecule has 0 atom stereocenters. The van der Waals surface area contributed by atoms with Crippen LogP contribution in [0.4, 0.5) is 0 Å². The summed E-state index contributed by atoms with van der Waals surface area (Å²) in [6, 6.07) is 7.45. The lowest BCUT2D eigenvalue weighted by atomic mass is 10.2. The number of nitrogens with one attached hydrogen (secondary N) is 1. The standard InChI is InChI=1S/C12H13Cl2N3/c13-11-3-2-10(12(14)8-11)9-15-5-7-17-6-1-4-16-17/h1-4,6,8,15H,5,7,9H2. The van der Waals surface area contributed by atoms with Crippen LogP contribution in [0.2, 0.25) is 10.0 Å². The smallest absolute Gasteiger partial charge is 0.0534 e. The fourth-order valence-electron chi connectivity index (χ4n) is 1.51. The Labute approximate surface area is 110 Å². The minimum atomic E-state index is 0.662. The minimum absolute atomic E-state index is 0.662. The molecule has 1 heterocycles. The Morgan fingerprint density at radius 2 is 2.18 bits per heavy atom. The monoisotopic (exact) mass is 269 g/mol. The number of hydrogen-bond donors (Lipinski definition) is 1.